The van der Waals surface area contributed by atoms with E-state index in [1.54, 1.807) is 12.1 Å². The van der Waals surface area contributed by atoms with Crippen LogP contribution in [0.3, 0.4) is 0 Å². The zero-order valence-electron chi connectivity index (χ0n) is 16.3. The molecular formula is C20H28N4O3S. The van der Waals surface area contributed by atoms with Crippen LogP contribution in [0, 0.1) is 17.2 Å². The van der Waals surface area contributed by atoms with Crippen molar-refractivity contribution in [3.63, 3.8) is 0 Å². The maximum atomic E-state index is 12.9. The van der Waals surface area contributed by atoms with Crippen LogP contribution >= 0.6 is 0 Å². The van der Waals surface area contributed by atoms with Crippen LogP contribution in [0.5, 0.6) is 0 Å². The van der Waals surface area contributed by atoms with Crippen molar-refractivity contribution in [2.75, 3.05) is 32.7 Å². The van der Waals surface area contributed by atoms with E-state index in [1.165, 1.54) is 22.9 Å². The Labute approximate surface area is 167 Å². The Morgan fingerprint density at radius 2 is 1.86 bits per heavy atom. The summed E-state index contributed by atoms with van der Waals surface area (Å²) in [4.78, 5) is 14.4. The monoisotopic (exact) mass is 404 g/mol. The summed E-state index contributed by atoms with van der Waals surface area (Å²) >= 11 is 0. The fraction of sp³-hybridized carbons (Fsp3) is 0.600. The Balaban J connectivity index is 1.54. The molecule has 152 valence electrons. The van der Waals surface area contributed by atoms with Crippen molar-refractivity contribution in [2.24, 2.45) is 5.92 Å². The Morgan fingerprint density at radius 1 is 1.18 bits per heavy atom. The molecule has 1 aromatic carbocycles. The number of benzene rings is 1. The Kier molecular flexibility index (Phi) is 6.70. The molecule has 2 aliphatic rings. The van der Waals surface area contributed by atoms with Gasteiger partial charge in [-0.1, -0.05) is 31.9 Å². The Morgan fingerprint density at radius 3 is 2.54 bits per heavy atom. The predicted octanol–water partition coefficient (Wildman–Crippen LogP) is 1.56. The number of rotatable bonds is 5. The average molecular weight is 405 g/mol. The van der Waals surface area contributed by atoms with Crippen LogP contribution in [0.4, 0.5) is 0 Å². The summed E-state index contributed by atoms with van der Waals surface area (Å²) in [6.07, 6.45) is 4.60. The third-order valence-electron chi connectivity index (χ3n) is 5.78. The van der Waals surface area contributed by atoms with E-state index in [1.807, 2.05) is 11.0 Å². The van der Waals surface area contributed by atoms with Crippen LogP contribution in [0.25, 0.3) is 0 Å². The van der Waals surface area contributed by atoms with Crippen LogP contribution in [-0.2, 0) is 14.8 Å². The summed E-state index contributed by atoms with van der Waals surface area (Å²) in [5.74, 6) is 0.532. The number of hydrogen-bond donors (Lipinski definition) is 1. The van der Waals surface area contributed by atoms with Gasteiger partial charge in [-0.2, -0.15) is 9.57 Å². The van der Waals surface area contributed by atoms with Gasteiger partial charge in [0.15, 0.2) is 0 Å². The number of sulfonamides is 1. The van der Waals surface area contributed by atoms with Crippen LogP contribution in [0.15, 0.2) is 29.2 Å². The molecule has 1 saturated carbocycles. The van der Waals surface area contributed by atoms with E-state index in [9.17, 15) is 18.5 Å². The number of nitrogens with one attached hydrogen (secondary N) is 1. The zero-order valence-corrected chi connectivity index (χ0v) is 17.1. The SMILES string of the molecule is C[C@H]1CCCC[C@@H]1NC(=O)CN1CCN(S(=O)(=O)c2ccccc2C#N)CC1. The molecular weight excluding hydrogens is 376 g/mol. The molecule has 1 aromatic rings. The van der Waals surface area contributed by atoms with E-state index >= 15 is 0 Å². The summed E-state index contributed by atoms with van der Waals surface area (Å²) < 4.78 is 27.1. The van der Waals surface area contributed by atoms with Gasteiger partial charge >= 0.3 is 0 Å². The lowest BCUT2D eigenvalue weighted by Gasteiger charge is -2.34. The van der Waals surface area contributed by atoms with Gasteiger partial charge in [0.25, 0.3) is 0 Å². The van der Waals surface area contributed by atoms with Crippen molar-refractivity contribution in [3.05, 3.63) is 29.8 Å². The van der Waals surface area contributed by atoms with Crippen molar-refractivity contribution in [1.82, 2.24) is 14.5 Å². The molecule has 1 heterocycles. The molecule has 28 heavy (non-hydrogen) atoms. The smallest absolute Gasteiger partial charge is 0.244 e. The molecule has 1 aliphatic carbocycles. The van der Waals surface area contributed by atoms with Gasteiger partial charge in [0, 0.05) is 32.2 Å². The molecule has 8 heteroatoms. The summed E-state index contributed by atoms with van der Waals surface area (Å²) in [7, 11) is -3.70. The zero-order chi connectivity index (χ0) is 20.1. The molecule has 3 rings (SSSR count). The molecule has 7 nitrogen and oxygen atoms in total. The second-order valence-electron chi connectivity index (χ2n) is 7.72. The van der Waals surface area contributed by atoms with Gasteiger partial charge in [-0.25, -0.2) is 8.42 Å². The van der Waals surface area contributed by atoms with Crippen molar-refractivity contribution < 1.29 is 13.2 Å². The standard InChI is InChI=1S/C20H28N4O3S/c1-16-6-2-4-8-18(16)22-20(25)15-23-10-12-24(13-11-23)28(26,27)19-9-5-3-7-17(19)14-21/h3,5,7,9,16,18H,2,4,6,8,10-13,15H2,1H3,(H,22,25)/t16-,18-/m0/s1. The van der Waals surface area contributed by atoms with Crippen LogP contribution in [0.1, 0.15) is 38.2 Å². The summed E-state index contributed by atoms with van der Waals surface area (Å²) in [5.41, 5.74) is 0.158. The van der Waals surface area contributed by atoms with Gasteiger partial charge in [-0.3, -0.25) is 9.69 Å². The van der Waals surface area contributed by atoms with Crippen LogP contribution < -0.4 is 5.32 Å². The molecule has 1 amide bonds. The highest BCUT2D eigenvalue weighted by Gasteiger charge is 2.31. The van der Waals surface area contributed by atoms with E-state index < -0.39 is 10.0 Å². The fourth-order valence-corrected chi connectivity index (χ4v) is 5.60. The van der Waals surface area contributed by atoms with Crippen molar-refractivity contribution >= 4 is 15.9 Å². The van der Waals surface area contributed by atoms with Crippen LogP contribution in [0.2, 0.25) is 0 Å². The van der Waals surface area contributed by atoms with Crippen molar-refractivity contribution in [1.29, 1.82) is 5.26 Å². The summed E-state index contributed by atoms with van der Waals surface area (Å²) in [5, 5.41) is 12.3. The number of amides is 1. The average Bonchev–Trinajstić information content (AvgIpc) is 2.70. The quantitative estimate of drug-likeness (QED) is 0.804. The molecule has 0 radical (unpaired) electrons. The first-order chi connectivity index (χ1) is 13.4. The maximum Gasteiger partial charge on any atom is 0.244 e. The number of nitriles is 1. The lowest BCUT2D eigenvalue weighted by atomic mass is 9.86. The molecule has 2 atom stereocenters. The minimum atomic E-state index is -3.70. The number of carbonyl (C=O) groups is 1. The third-order valence-corrected chi connectivity index (χ3v) is 7.74. The molecule has 0 unspecified atom stereocenters. The second kappa shape index (κ2) is 9.03. The number of nitrogens with zero attached hydrogens (tertiary/aromatic N) is 3. The van der Waals surface area contributed by atoms with Crippen LogP contribution in [-0.4, -0.2) is 62.3 Å². The van der Waals surface area contributed by atoms with Gasteiger partial charge in [0.2, 0.25) is 15.9 Å². The Bertz CT molecular complexity index is 841. The highest BCUT2D eigenvalue weighted by atomic mass is 32.2. The van der Waals surface area contributed by atoms with Crippen molar-refractivity contribution in [3.8, 4) is 6.07 Å². The highest BCUT2D eigenvalue weighted by molar-refractivity contribution is 7.89. The fourth-order valence-electron chi connectivity index (χ4n) is 4.04. The van der Waals surface area contributed by atoms with Gasteiger partial charge in [-0.05, 0) is 30.9 Å². The lowest BCUT2D eigenvalue weighted by Crippen LogP contribution is -2.52. The first-order valence-corrected chi connectivity index (χ1v) is 11.4. The normalized spacial score (nSPS) is 24.4. The number of piperazine rings is 1. The first kappa shape index (κ1) is 20.8. The minimum Gasteiger partial charge on any atom is -0.352 e. The summed E-state index contributed by atoms with van der Waals surface area (Å²) in [6.45, 7) is 4.12. The minimum absolute atomic E-state index is 0.0184. The molecule has 1 saturated heterocycles. The highest BCUT2D eigenvalue weighted by Crippen LogP contribution is 2.24. The molecule has 2 fully saturated rings. The van der Waals surface area contributed by atoms with E-state index in [4.69, 9.17) is 0 Å². The number of carbonyl (C=O) groups excluding carboxylic acids is 1. The third kappa shape index (κ3) is 4.72. The van der Waals surface area contributed by atoms with E-state index in [2.05, 4.69) is 12.2 Å². The first-order valence-electron chi connectivity index (χ1n) is 9.93. The molecule has 1 aliphatic heterocycles. The van der Waals surface area contributed by atoms with E-state index in [-0.39, 0.29) is 22.4 Å². The predicted molar refractivity (Wildman–Crippen MR) is 106 cm³/mol. The Hall–Kier alpha value is -1.95. The molecule has 0 spiro atoms. The van der Waals surface area contributed by atoms with Crippen molar-refractivity contribution in [2.45, 2.75) is 43.5 Å². The maximum absolute atomic E-state index is 12.9. The largest absolute Gasteiger partial charge is 0.352 e. The van der Waals surface area contributed by atoms with E-state index in [0.717, 1.165) is 19.3 Å². The summed E-state index contributed by atoms with van der Waals surface area (Å²) in [6, 6.07) is 8.47. The van der Waals surface area contributed by atoms with Gasteiger partial charge in [-0.15, -0.1) is 0 Å². The molecule has 1 N–H and O–H groups in total. The van der Waals surface area contributed by atoms with Gasteiger partial charge < -0.3 is 5.32 Å². The van der Waals surface area contributed by atoms with E-state index in [0.29, 0.717) is 38.6 Å². The lowest BCUT2D eigenvalue weighted by molar-refractivity contribution is -0.123. The molecule has 0 aromatic heterocycles. The van der Waals surface area contributed by atoms with Gasteiger partial charge in [0.05, 0.1) is 17.0 Å². The molecule has 0 bridgehead atoms. The number of hydrogen-bond acceptors (Lipinski definition) is 5. The van der Waals surface area contributed by atoms with Gasteiger partial charge in [0.1, 0.15) is 6.07 Å². The second-order valence-corrected chi connectivity index (χ2v) is 9.63. The topological polar surface area (TPSA) is 93.5 Å².